The quantitative estimate of drug-likeness (QED) is 0.304. The van der Waals surface area contributed by atoms with Crippen molar-refractivity contribution in [1.82, 2.24) is 5.32 Å². The summed E-state index contributed by atoms with van der Waals surface area (Å²) in [4.78, 5) is 4.43. The van der Waals surface area contributed by atoms with E-state index in [0.29, 0.717) is 11.9 Å². The number of nitrogens with two attached hydrogens (primary N) is 1. The zero-order valence-corrected chi connectivity index (χ0v) is 14.6. The molecule has 0 aromatic carbocycles. The first kappa shape index (κ1) is 19.0. The Morgan fingerprint density at radius 2 is 1.80 bits per heavy atom. The lowest BCUT2D eigenvalue weighted by atomic mass is 9.82. The van der Waals surface area contributed by atoms with Crippen molar-refractivity contribution in [2.45, 2.75) is 73.3 Å². The van der Waals surface area contributed by atoms with E-state index in [1.165, 1.54) is 5.57 Å². The molecule has 3 heteroatoms. The van der Waals surface area contributed by atoms with Gasteiger partial charge in [-0.05, 0) is 51.4 Å². The van der Waals surface area contributed by atoms with Crippen molar-refractivity contribution in [2.75, 3.05) is 6.54 Å². The molecule has 0 spiro atoms. The van der Waals surface area contributed by atoms with Crippen molar-refractivity contribution in [3.8, 4) is 0 Å². The molecule has 0 bridgehead atoms. The number of hydrogen-bond donors (Lipinski definition) is 2. The second-order valence-corrected chi connectivity index (χ2v) is 7.64. The summed E-state index contributed by atoms with van der Waals surface area (Å²) in [5.41, 5.74) is 7.38. The first-order valence-electron chi connectivity index (χ1n) is 7.70. The first-order chi connectivity index (χ1) is 8.96. The lowest BCUT2D eigenvalue weighted by Crippen LogP contribution is -2.48. The average molecular weight is 281 g/mol. The Morgan fingerprint density at radius 3 is 2.25 bits per heavy atom. The molecule has 0 aliphatic rings. The summed E-state index contributed by atoms with van der Waals surface area (Å²) < 4.78 is 0. The molecule has 0 rings (SSSR count). The topological polar surface area (TPSA) is 50.4 Å². The number of rotatable bonds is 8. The largest absolute Gasteiger partial charge is 0.370 e. The van der Waals surface area contributed by atoms with Crippen LogP contribution in [-0.2, 0) is 0 Å². The minimum atomic E-state index is -0.00126. The number of nitrogens with zero attached hydrogens (tertiary/aromatic N) is 1. The fourth-order valence-electron chi connectivity index (χ4n) is 2.39. The highest BCUT2D eigenvalue weighted by Gasteiger charge is 2.20. The van der Waals surface area contributed by atoms with Crippen LogP contribution in [0.3, 0.4) is 0 Å². The number of nitrogens with one attached hydrogen (secondary N) is 1. The maximum atomic E-state index is 5.97. The summed E-state index contributed by atoms with van der Waals surface area (Å²) in [6, 6.07) is 0. The zero-order chi connectivity index (χ0) is 16.0. The van der Waals surface area contributed by atoms with Crippen molar-refractivity contribution in [2.24, 2.45) is 22.1 Å². The van der Waals surface area contributed by atoms with Crippen LogP contribution >= 0.6 is 0 Å². The van der Waals surface area contributed by atoms with Gasteiger partial charge in [-0.2, -0.15) is 0 Å². The normalized spacial score (nSPS) is 13.7. The molecule has 0 unspecified atom stereocenters. The fourth-order valence-corrected chi connectivity index (χ4v) is 2.39. The van der Waals surface area contributed by atoms with Gasteiger partial charge in [0, 0.05) is 12.1 Å². The maximum Gasteiger partial charge on any atom is 0.188 e. The van der Waals surface area contributed by atoms with Gasteiger partial charge >= 0.3 is 0 Å². The van der Waals surface area contributed by atoms with Crippen LogP contribution in [0, 0.1) is 11.3 Å². The highest BCUT2D eigenvalue weighted by molar-refractivity contribution is 5.78. The summed E-state index contributed by atoms with van der Waals surface area (Å²) in [6.07, 6.45) is 3.20. The van der Waals surface area contributed by atoms with Gasteiger partial charge in [0.05, 0.1) is 0 Å². The van der Waals surface area contributed by atoms with Crippen LogP contribution in [0.5, 0.6) is 0 Å². The molecule has 0 aliphatic heterocycles. The summed E-state index contributed by atoms with van der Waals surface area (Å²) in [6.45, 7) is 20.1. The Balaban J connectivity index is 4.18. The molecule has 0 aromatic rings. The van der Waals surface area contributed by atoms with Crippen molar-refractivity contribution in [3.63, 3.8) is 0 Å². The van der Waals surface area contributed by atoms with Gasteiger partial charge in [-0.25, -0.2) is 0 Å². The van der Waals surface area contributed by atoms with Crippen molar-refractivity contribution in [1.29, 1.82) is 0 Å². The molecule has 118 valence electrons. The predicted octanol–water partition coefficient (Wildman–Crippen LogP) is 4.10. The van der Waals surface area contributed by atoms with Crippen LogP contribution in [0.4, 0.5) is 0 Å². The second kappa shape index (κ2) is 7.70. The van der Waals surface area contributed by atoms with Crippen LogP contribution < -0.4 is 11.1 Å². The van der Waals surface area contributed by atoms with Gasteiger partial charge in [-0.3, -0.25) is 4.99 Å². The molecular weight excluding hydrogens is 246 g/mol. The van der Waals surface area contributed by atoms with E-state index in [0.717, 1.165) is 25.8 Å². The van der Waals surface area contributed by atoms with E-state index in [-0.39, 0.29) is 11.0 Å². The number of hydrogen-bond acceptors (Lipinski definition) is 1. The molecule has 0 heterocycles. The Bertz CT molecular complexity index is 338. The van der Waals surface area contributed by atoms with E-state index in [1.54, 1.807) is 0 Å². The zero-order valence-electron chi connectivity index (χ0n) is 14.6. The van der Waals surface area contributed by atoms with E-state index in [1.807, 2.05) is 0 Å². The van der Waals surface area contributed by atoms with Gasteiger partial charge in [0.1, 0.15) is 0 Å². The molecule has 0 atom stereocenters. The number of allylic oxidation sites excluding steroid dienone is 1. The molecular formula is C17H35N3. The molecule has 0 saturated heterocycles. The van der Waals surface area contributed by atoms with Gasteiger partial charge < -0.3 is 11.1 Å². The van der Waals surface area contributed by atoms with Crippen LogP contribution in [0.25, 0.3) is 0 Å². The number of aliphatic imine (C=N–C) groups is 1. The SMILES string of the molecule is C=C(C)C(C)(C)CCCN=C(N)NC(C)(C)CC(C)C. The van der Waals surface area contributed by atoms with Gasteiger partial charge in [0.25, 0.3) is 0 Å². The van der Waals surface area contributed by atoms with Crippen LogP contribution in [-0.4, -0.2) is 18.0 Å². The third kappa shape index (κ3) is 8.23. The molecule has 3 N–H and O–H groups in total. The van der Waals surface area contributed by atoms with Gasteiger partial charge in [-0.1, -0.05) is 39.8 Å². The van der Waals surface area contributed by atoms with Crippen LogP contribution in [0.2, 0.25) is 0 Å². The van der Waals surface area contributed by atoms with Crippen LogP contribution in [0.1, 0.15) is 67.7 Å². The van der Waals surface area contributed by atoms with E-state index in [2.05, 4.69) is 65.4 Å². The van der Waals surface area contributed by atoms with E-state index in [9.17, 15) is 0 Å². The summed E-state index contributed by atoms with van der Waals surface area (Å²) in [5, 5.41) is 3.32. The van der Waals surface area contributed by atoms with E-state index >= 15 is 0 Å². The van der Waals surface area contributed by atoms with Crippen molar-refractivity contribution < 1.29 is 0 Å². The molecule has 3 nitrogen and oxygen atoms in total. The summed E-state index contributed by atoms with van der Waals surface area (Å²) >= 11 is 0. The first-order valence-corrected chi connectivity index (χ1v) is 7.70. The van der Waals surface area contributed by atoms with Gasteiger partial charge in [0.15, 0.2) is 5.96 Å². The minimum absolute atomic E-state index is 0.00126. The smallest absolute Gasteiger partial charge is 0.188 e. The second-order valence-electron chi connectivity index (χ2n) is 7.64. The number of guanidine groups is 1. The van der Waals surface area contributed by atoms with E-state index in [4.69, 9.17) is 5.73 Å². The highest BCUT2D eigenvalue weighted by Crippen LogP contribution is 2.29. The Kier molecular flexibility index (Phi) is 7.32. The summed E-state index contributed by atoms with van der Waals surface area (Å²) in [5.74, 6) is 1.20. The Morgan fingerprint density at radius 1 is 1.25 bits per heavy atom. The lowest BCUT2D eigenvalue weighted by molar-refractivity contribution is 0.362. The van der Waals surface area contributed by atoms with Crippen molar-refractivity contribution in [3.05, 3.63) is 12.2 Å². The van der Waals surface area contributed by atoms with Gasteiger partial charge in [-0.15, -0.1) is 0 Å². The molecule has 0 aromatic heterocycles. The standard InChI is InChI=1S/C17H35N3/c1-13(2)12-17(7,8)20-15(18)19-11-9-10-16(5,6)14(3)4/h13H,3,9-12H2,1-2,4-8H3,(H3,18,19,20). The Hall–Kier alpha value is -0.990. The Labute approximate surface area is 126 Å². The van der Waals surface area contributed by atoms with Crippen molar-refractivity contribution >= 4 is 5.96 Å². The highest BCUT2D eigenvalue weighted by atomic mass is 15.1. The maximum absolute atomic E-state index is 5.97. The third-order valence-corrected chi connectivity index (χ3v) is 3.78. The molecule has 0 aliphatic carbocycles. The molecule has 0 saturated carbocycles. The third-order valence-electron chi connectivity index (χ3n) is 3.78. The fraction of sp³-hybridized carbons (Fsp3) is 0.824. The monoisotopic (exact) mass is 281 g/mol. The minimum Gasteiger partial charge on any atom is -0.370 e. The molecule has 0 fully saturated rings. The average Bonchev–Trinajstić information content (AvgIpc) is 2.21. The van der Waals surface area contributed by atoms with E-state index < -0.39 is 0 Å². The molecule has 0 radical (unpaired) electrons. The summed E-state index contributed by atoms with van der Waals surface area (Å²) in [7, 11) is 0. The molecule has 20 heavy (non-hydrogen) atoms. The molecule has 0 amide bonds. The van der Waals surface area contributed by atoms with Crippen LogP contribution in [0.15, 0.2) is 17.1 Å². The van der Waals surface area contributed by atoms with Gasteiger partial charge in [0.2, 0.25) is 0 Å². The predicted molar refractivity (Wildman–Crippen MR) is 91.0 cm³/mol. The lowest BCUT2D eigenvalue weighted by Gasteiger charge is -2.28.